The van der Waals surface area contributed by atoms with Crippen molar-refractivity contribution in [3.8, 4) is 5.75 Å². The molecule has 0 heterocycles. The fourth-order valence-corrected chi connectivity index (χ4v) is 1.39. The molecule has 6 heteroatoms. The van der Waals surface area contributed by atoms with Crippen molar-refractivity contribution in [2.75, 3.05) is 0 Å². The van der Waals surface area contributed by atoms with Crippen molar-refractivity contribution in [1.29, 1.82) is 0 Å². The molecule has 0 aromatic heterocycles. The van der Waals surface area contributed by atoms with Gasteiger partial charge in [-0.05, 0) is 24.1 Å². The maximum Gasteiger partial charge on any atom is 0.387 e. The molecule has 1 rings (SSSR count). The summed E-state index contributed by atoms with van der Waals surface area (Å²) in [5, 5.41) is 0. The van der Waals surface area contributed by atoms with Gasteiger partial charge in [0.2, 0.25) is 6.43 Å². The average Bonchev–Trinajstić information content (AvgIpc) is 2.25. The predicted molar refractivity (Wildman–Crippen MR) is 55.2 cm³/mol. The molecule has 17 heavy (non-hydrogen) atoms. The van der Waals surface area contributed by atoms with Crippen LogP contribution in [0.4, 0.5) is 17.6 Å². The van der Waals surface area contributed by atoms with E-state index in [1.54, 1.807) is 6.07 Å². The number of hydrogen-bond acceptors (Lipinski definition) is 2. The zero-order chi connectivity index (χ0) is 12.8. The fourth-order valence-electron chi connectivity index (χ4n) is 1.39. The van der Waals surface area contributed by atoms with E-state index in [1.165, 1.54) is 18.2 Å². The number of nitrogens with two attached hydrogens (primary N) is 1. The first-order valence-electron chi connectivity index (χ1n) is 5.07. The molecular formula is C11H13F4NO. The Kier molecular flexibility index (Phi) is 5.21. The lowest BCUT2D eigenvalue weighted by molar-refractivity contribution is -0.0499. The number of ether oxygens (including phenoxy) is 1. The third-order valence-corrected chi connectivity index (χ3v) is 2.21. The topological polar surface area (TPSA) is 35.2 Å². The smallest absolute Gasteiger partial charge is 0.387 e. The highest BCUT2D eigenvalue weighted by molar-refractivity contribution is 5.30. The first-order valence-corrected chi connectivity index (χ1v) is 5.07. The SMILES string of the molecule is N[C@@H](CCC(F)F)c1cccc(OC(F)F)c1. The van der Waals surface area contributed by atoms with E-state index in [9.17, 15) is 17.6 Å². The molecule has 0 fully saturated rings. The Hall–Kier alpha value is -1.30. The standard InChI is InChI=1S/C11H13F4NO/c12-10(13)5-4-9(16)7-2-1-3-8(6-7)17-11(14)15/h1-3,6,9-11H,4-5,16H2/t9-/m0/s1. The largest absolute Gasteiger partial charge is 0.435 e. The zero-order valence-electron chi connectivity index (χ0n) is 8.95. The Morgan fingerprint density at radius 1 is 1.12 bits per heavy atom. The van der Waals surface area contributed by atoms with Gasteiger partial charge in [-0.25, -0.2) is 8.78 Å². The van der Waals surface area contributed by atoms with Gasteiger partial charge in [-0.2, -0.15) is 8.78 Å². The minimum Gasteiger partial charge on any atom is -0.435 e. The highest BCUT2D eigenvalue weighted by atomic mass is 19.3. The normalized spacial score (nSPS) is 13.1. The van der Waals surface area contributed by atoms with E-state index in [0.29, 0.717) is 5.56 Å². The molecule has 0 spiro atoms. The Balaban J connectivity index is 2.63. The van der Waals surface area contributed by atoms with E-state index in [0.717, 1.165) is 0 Å². The Morgan fingerprint density at radius 3 is 2.41 bits per heavy atom. The Labute approximate surface area is 96.4 Å². The first-order chi connectivity index (χ1) is 7.99. The molecule has 2 nitrogen and oxygen atoms in total. The molecule has 0 amide bonds. The van der Waals surface area contributed by atoms with E-state index in [1.807, 2.05) is 0 Å². The minimum atomic E-state index is -2.91. The maximum absolute atomic E-state index is 12.0. The van der Waals surface area contributed by atoms with Gasteiger partial charge in [0.1, 0.15) is 5.75 Å². The fraction of sp³-hybridized carbons (Fsp3) is 0.455. The molecule has 2 N–H and O–H groups in total. The second-order valence-electron chi connectivity index (χ2n) is 3.53. The Bertz CT molecular complexity index is 346. The van der Waals surface area contributed by atoms with Crippen LogP contribution in [-0.4, -0.2) is 13.0 Å². The van der Waals surface area contributed by atoms with Crippen molar-refractivity contribution in [2.45, 2.75) is 31.9 Å². The molecular weight excluding hydrogens is 238 g/mol. The predicted octanol–water partition coefficient (Wildman–Crippen LogP) is 3.33. The number of alkyl halides is 4. The third-order valence-electron chi connectivity index (χ3n) is 2.21. The second-order valence-corrected chi connectivity index (χ2v) is 3.53. The van der Waals surface area contributed by atoms with Gasteiger partial charge >= 0.3 is 6.61 Å². The monoisotopic (exact) mass is 251 g/mol. The molecule has 0 bridgehead atoms. The van der Waals surface area contributed by atoms with Crippen LogP contribution in [0.1, 0.15) is 24.4 Å². The van der Waals surface area contributed by atoms with Gasteiger partial charge < -0.3 is 10.5 Å². The summed E-state index contributed by atoms with van der Waals surface area (Å²) in [6, 6.07) is 5.17. The van der Waals surface area contributed by atoms with Gasteiger partial charge in [-0.1, -0.05) is 12.1 Å². The van der Waals surface area contributed by atoms with Crippen LogP contribution in [0.15, 0.2) is 24.3 Å². The summed E-state index contributed by atoms with van der Waals surface area (Å²) < 4.78 is 52.1. The van der Waals surface area contributed by atoms with Crippen molar-refractivity contribution in [3.63, 3.8) is 0 Å². The quantitative estimate of drug-likeness (QED) is 0.787. The van der Waals surface area contributed by atoms with E-state index in [-0.39, 0.29) is 18.6 Å². The molecule has 1 aromatic rings. The lowest BCUT2D eigenvalue weighted by atomic mass is 10.0. The molecule has 0 radical (unpaired) electrons. The van der Waals surface area contributed by atoms with Crippen LogP contribution in [0.3, 0.4) is 0 Å². The van der Waals surface area contributed by atoms with Crippen LogP contribution in [0.5, 0.6) is 5.75 Å². The zero-order valence-corrected chi connectivity index (χ0v) is 8.95. The molecule has 0 saturated heterocycles. The van der Waals surface area contributed by atoms with Crippen molar-refractivity contribution in [2.24, 2.45) is 5.73 Å². The summed E-state index contributed by atoms with van der Waals surface area (Å²) in [4.78, 5) is 0. The molecule has 1 atom stereocenters. The molecule has 96 valence electrons. The Morgan fingerprint density at radius 2 is 1.82 bits per heavy atom. The maximum atomic E-state index is 12.0. The van der Waals surface area contributed by atoms with Crippen molar-refractivity contribution in [1.82, 2.24) is 0 Å². The lowest BCUT2D eigenvalue weighted by Crippen LogP contribution is -2.12. The molecule has 0 aliphatic carbocycles. The number of hydrogen-bond donors (Lipinski definition) is 1. The lowest BCUT2D eigenvalue weighted by Gasteiger charge is -2.13. The number of rotatable bonds is 6. The third kappa shape index (κ3) is 5.04. The van der Waals surface area contributed by atoms with Gasteiger partial charge in [0.05, 0.1) is 0 Å². The number of benzene rings is 1. The van der Waals surface area contributed by atoms with Crippen LogP contribution in [0.25, 0.3) is 0 Å². The van der Waals surface area contributed by atoms with Gasteiger partial charge in [0.15, 0.2) is 0 Å². The summed E-state index contributed by atoms with van der Waals surface area (Å²) in [7, 11) is 0. The number of halogens is 4. The highest BCUT2D eigenvalue weighted by Crippen LogP contribution is 2.23. The van der Waals surface area contributed by atoms with Crippen molar-refractivity contribution in [3.05, 3.63) is 29.8 Å². The first kappa shape index (κ1) is 13.8. The van der Waals surface area contributed by atoms with E-state index < -0.39 is 19.1 Å². The van der Waals surface area contributed by atoms with Gasteiger partial charge in [0.25, 0.3) is 0 Å². The van der Waals surface area contributed by atoms with E-state index in [4.69, 9.17) is 5.73 Å². The van der Waals surface area contributed by atoms with Crippen LogP contribution in [0.2, 0.25) is 0 Å². The summed E-state index contributed by atoms with van der Waals surface area (Å²) in [6.07, 6.45) is -2.64. The molecule has 1 aromatic carbocycles. The molecule has 0 aliphatic heterocycles. The van der Waals surface area contributed by atoms with Gasteiger partial charge in [0, 0.05) is 12.5 Å². The summed E-state index contributed by atoms with van der Waals surface area (Å²) in [6.45, 7) is -2.91. The van der Waals surface area contributed by atoms with Crippen LogP contribution < -0.4 is 10.5 Å². The molecule has 0 unspecified atom stereocenters. The second kappa shape index (κ2) is 6.44. The summed E-state index contributed by atoms with van der Waals surface area (Å²) in [5.74, 6) is -0.0232. The minimum absolute atomic E-state index is 0.0232. The molecule has 0 saturated carbocycles. The van der Waals surface area contributed by atoms with Crippen LogP contribution in [-0.2, 0) is 0 Å². The highest BCUT2D eigenvalue weighted by Gasteiger charge is 2.12. The van der Waals surface area contributed by atoms with Gasteiger partial charge in [-0.3, -0.25) is 0 Å². The van der Waals surface area contributed by atoms with Crippen molar-refractivity contribution >= 4 is 0 Å². The van der Waals surface area contributed by atoms with Crippen LogP contribution >= 0.6 is 0 Å². The summed E-state index contributed by atoms with van der Waals surface area (Å²) in [5.41, 5.74) is 6.17. The van der Waals surface area contributed by atoms with Crippen molar-refractivity contribution < 1.29 is 22.3 Å². The van der Waals surface area contributed by atoms with E-state index in [2.05, 4.69) is 4.74 Å². The average molecular weight is 251 g/mol. The summed E-state index contributed by atoms with van der Waals surface area (Å²) >= 11 is 0. The van der Waals surface area contributed by atoms with Crippen LogP contribution in [0, 0.1) is 0 Å². The molecule has 0 aliphatic rings. The van der Waals surface area contributed by atoms with E-state index >= 15 is 0 Å². The van der Waals surface area contributed by atoms with Gasteiger partial charge in [-0.15, -0.1) is 0 Å².